The maximum atomic E-state index is 13.0. The minimum Gasteiger partial charge on any atom is -0.497 e. The highest BCUT2D eigenvalue weighted by Crippen LogP contribution is 2.24. The number of methoxy groups -OCH3 is 1. The molecule has 25 heavy (non-hydrogen) atoms. The molecule has 0 radical (unpaired) electrons. The topological polar surface area (TPSA) is 32.8 Å². The molecule has 0 aromatic heterocycles. The number of nitrogens with zero attached hydrogens (tertiary/aromatic N) is 2. The summed E-state index contributed by atoms with van der Waals surface area (Å²) < 4.78 is 6.76. The Balaban J connectivity index is 2.88. The van der Waals surface area contributed by atoms with Gasteiger partial charge >= 0.3 is 0 Å². The molecule has 138 valence electrons. The number of ketones is 1. The van der Waals surface area contributed by atoms with Gasteiger partial charge in [0.25, 0.3) is 0 Å². The molecule has 0 aliphatic heterocycles. The van der Waals surface area contributed by atoms with E-state index in [0.717, 1.165) is 8.64 Å². The van der Waals surface area contributed by atoms with E-state index in [9.17, 15) is 4.79 Å². The van der Waals surface area contributed by atoms with Crippen LogP contribution < -0.4 is 4.74 Å². The van der Waals surface area contributed by atoms with E-state index < -0.39 is 0 Å². The van der Waals surface area contributed by atoms with Crippen molar-refractivity contribution in [1.29, 1.82) is 0 Å². The fourth-order valence-corrected chi connectivity index (χ4v) is 4.11. The van der Waals surface area contributed by atoms with E-state index in [2.05, 4.69) is 0 Å². The molecule has 0 aliphatic rings. The highest BCUT2D eigenvalue weighted by molar-refractivity contribution is 8.23. The second-order valence-corrected chi connectivity index (χ2v) is 9.04. The Hall–Kier alpha value is -0.830. The monoisotopic (exact) mass is 416 g/mol. The van der Waals surface area contributed by atoms with Crippen molar-refractivity contribution < 1.29 is 9.53 Å². The quantitative estimate of drug-likeness (QED) is 0.492. The average molecular weight is 417 g/mol. The van der Waals surface area contributed by atoms with Gasteiger partial charge in [-0.25, -0.2) is 0 Å². The van der Waals surface area contributed by atoms with Gasteiger partial charge in [-0.3, -0.25) is 4.79 Å². The van der Waals surface area contributed by atoms with Crippen LogP contribution in [0.5, 0.6) is 5.75 Å². The van der Waals surface area contributed by atoms with Crippen molar-refractivity contribution >= 4 is 62.4 Å². The van der Waals surface area contributed by atoms with Gasteiger partial charge in [-0.15, -0.1) is 0 Å². The summed E-state index contributed by atoms with van der Waals surface area (Å²) in [4.78, 5) is 16.7. The maximum Gasteiger partial charge on any atom is 0.167 e. The summed E-state index contributed by atoms with van der Waals surface area (Å²) in [5.41, 5.74) is 0.650. The van der Waals surface area contributed by atoms with Crippen LogP contribution in [-0.2, 0) is 0 Å². The Kier molecular flexibility index (Phi) is 9.78. The first kappa shape index (κ1) is 22.2. The van der Waals surface area contributed by atoms with E-state index in [0.29, 0.717) is 22.8 Å². The van der Waals surface area contributed by atoms with Gasteiger partial charge in [0.05, 0.1) is 7.11 Å². The lowest BCUT2D eigenvalue weighted by molar-refractivity contribution is 0.0944. The second kappa shape index (κ2) is 11.0. The fraction of sp³-hybridized carbons (Fsp3) is 0.471. The average Bonchev–Trinajstić information content (AvgIpc) is 2.60. The molecular weight excluding hydrogens is 392 g/mol. The lowest BCUT2D eigenvalue weighted by Crippen LogP contribution is -2.25. The van der Waals surface area contributed by atoms with Crippen LogP contribution in [-0.4, -0.2) is 71.0 Å². The van der Waals surface area contributed by atoms with Crippen LogP contribution in [0.1, 0.15) is 10.4 Å². The summed E-state index contributed by atoms with van der Waals surface area (Å²) in [5.74, 6) is 1.82. The zero-order valence-electron chi connectivity index (χ0n) is 15.1. The molecule has 1 aromatic carbocycles. The van der Waals surface area contributed by atoms with Crippen LogP contribution in [0.15, 0.2) is 24.3 Å². The third-order valence-electron chi connectivity index (χ3n) is 3.27. The molecule has 0 spiro atoms. The number of hydrogen-bond acceptors (Lipinski definition) is 6. The zero-order chi connectivity index (χ0) is 19.0. The number of hydrogen-bond donors (Lipinski definition) is 0. The first-order valence-corrected chi connectivity index (χ1v) is 10.4. The molecule has 0 amide bonds. The van der Waals surface area contributed by atoms with Gasteiger partial charge in [0.2, 0.25) is 0 Å². The minimum atomic E-state index is -0.182. The Bertz CT molecular complexity index is 596. The van der Waals surface area contributed by atoms with E-state index >= 15 is 0 Å². The predicted molar refractivity (Wildman–Crippen MR) is 118 cm³/mol. The summed E-state index contributed by atoms with van der Waals surface area (Å²) in [5, 5.41) is 0. The van der Waals surface area contributed by atoms with Crippen molar-refractivity contribution in [1.82, 2.24) is 9.80 Å². The number of carbonyl (C=O) groups is 1. The first-order valence-electron chi connectivity index (χ1n) is 7.62. The van der Waals surface area contributed by atoms with Crippen molar-refractivity contribution in [3.63, 3.8) is 0 Å². The molecule has 0 heterocycles. The van der Waals surface area contributed by atoms with E-state index in [-0.39, 0.29) is 11.7 Å². The second-order valence-electron chi connectivity index (χ2n) is 5.74. The van der Waals surface area contributed by atoms with Crippen molar-refractivity contribution in [3.8, 4) is 5.75 Å². The largest absolute Gasteiger partial charge is 0.497 e. The number of benzene rings is 1. The lowest BCUT2D eigenvalue weighted by Gasteiger charge is -2.20. The molecule has 8 heteroatoms. The first-order chi connectivity index (χ1) is 11.8. The smallest absolute Gasteiger partial charge is 0.167 e. The molecule has 0 fully saturated rings. The summed E-state index contributed by atoms with van der Waals surface area (Å²) >= 11 is 13.7. The Morgan fingerprint density at radius 1 is 1.08 bits per heavy atom. The van der Waals surface area contributed by atoms with Crippen molar-refractivity contribution in [2.45, 2.75) is 0 Å². The molecule has 0 bridgehead atoms. The van der Waals surface area contributed by atoms with Crippen LogP contribution in [0.25, 0.3) is 0 Å². The third-order valence-corrected chi connectivity index (χ3v) is 7.07. The Morgan fingerprint density at radius 2 is 1.60 bits per heavy atom. The van der Waals surface area contributed by atoms with Crippen molar-refractivity contribution in [3.05, 3.63) is 29.8 Å². The summed E-state index contributed by atoms with van der Waals surface area (Å²) in [6, 6.07) is 7.26. The van der Waals surface area contributed by atoms with E-state index in [4.69, 9.17) is 29.2 Å². The fourth-order valence-electron chi connectivity index (χ4n) is 1.81. The van der Waals surface area contributed by atoms with Crippen LogP contribution in [0.3, 0.4) is 0 Å². The number of carbonyl (C=O) groups excluding carboxylic acids is 1. The van der Waals surface area contributed by atoms with Gasteiger partial charge in [0, 0.05) is 51.2 Å². The van der Waals surface area contributed by atoms with Gasteiger partial charge in [0.1, 0.15) is 14.4 Å². The predicted octanol–water partition coefficient (Wildman–Crippen LogP) is 3.65. The number of Topliss-reactive ketones (excluding diaryl/α,β-unsaturated/α-hetero) is 1. The summed E-state index contributed by atoms with van der Waals surface area (Å²) in [6.45, 7) is 0. The zero-order valence-corrected chi connectivity index (χ0v) is 18.4. The highest BCUT2D eigenvalue weighted by atomic mass is 32.2. The van der Waals surface area contributed by atoms with Crippen LogP contribution in [0, 0.1) is 5.92 Å². The SMILES string of the molecule is COc1cccc(C(=O)C(CSC(=S)N(C)C)CSC(=S)N(C)C)c1. The number of thiocarbonyl (C=S) groups is 2. The van der Waals surface area contributed by atoms with E-state index in [1.54, 1.807) is 13.2 Å². The highest BCUT2D eigenvalue weighted by Gasteiger charge is 2.23. The van der Waals surface area contributed by atoms with Crippen LogP contribution in [0.2, 0.25) is 0 Å². The molecule has 4 nitrogen and oxygen atoms in total. The summed E-state index contributed by atoms with van der Waals surface area (Å²) in [6.07, 6.45) is 0. The molecule has 1 rings (SSSR count). The van der Waals surface area contributed by atoms with Gasteiger partial charge in [-0.1, -0.05) is 60.1 Å². The van der Waals surface area contributed by atoms with Gasteiger partial charge in [-0.05, 0) is 12.1 Å². The van der Waals surface area contributed by atoms with Crippen LogP contribution in [0.4, 0.5) is 0 Å². The third kappa shape index (κ3) is 7.52. The molecule has 0 saturated heterocycles. The molecule has 1 aromatic rings. The van der Waals surface area contributed by atoms with Crippen molar-refractivity contribution in [2.24, 2.45) is 5.92 Å². The molecule has 0 N–H and O–H groups in total. The van der Waals surface area contributed by atoms with E-state index in [1.165, 1.54) is 23.5 Å². The molecule has 0 atom stereocenters. The van der Waals surface area contributed by atoms with Crippen LogP contribution >= 0.6 is 48.0 Å². The number of thioether (sulfide) groups is 2. The lowest BCUT2D eigenvalue weighted by atomic mass is 10.0. The van der Waals surface area contributed by atoms with Gasteiger partial charge in [0.15, 0.2) is 5.78 Å². The van der Waals surface area contributed by atoms with Crippen molar-refractivity contribution in [2.75, 3.05) is 46.8 Å². The Morgan fingerprint density at radius 3 is 2.04 bits per heavy atom. The normalized spacial score (nSPS) is 10.5. The van der Waals surface area contributed by atoms with Gasteiger partial charge < -0.3 is 14.5 Å². The Labute approximate surface area is 169 Å². The minimum absolute atomic E-state index is 0.0852. The maximum absolute atomic E-state index is 13.0. The molecule has 0 saturated carbocycles. The number of ether oxygens (including phenoxy) is 1. The molecular formula is C17H24N2O2S4. The van der Waals surface area contributed by atoms with Gasteiger partial charge in [-0.2, -0.15) is 0 Å². The number of rotatable bonds is 7. The molecule has 0 unspecified atom stereocenters. The molecule has 0 aliphatic carbocycles. The van der Waals surface area contributed by atoms with E-state index in [1.807, 2.05) is 56.2 Å². The standard InChI is InChI=1S/C17H24N2O2S4/c1-18(2)16(22)24-10-13(11-25-17(23)19(3)4)15(20)12-7-6-8-14(9-12)21-5/h6-9,13H,10-11H2,1-5H3. The summed E-state index contributed by atoms with van der Waals surface area (Å²) in [7, 11) is 9.22.